The van der Waals surface area contributed by atoms with Crippen molar-refractivity contribution in [1.82, 2.24) is 0 Å². The minimum Gasteiger partial charge on any atom is -0.411 e. The van der Waals surface area contributed by atoms with Crippen LogP contribution in [0.4, 0.5) is 0 Å². The van der Waals surface area contributed by atoms with Gasteiger partial charge in [0, 0.05) is 5.92 Å². The number of allylic oxidation sites excluding steroid dienone is 1. The first-order valence-corrected chi connectivity index (χ1v) is 9.96. The summed E-state index contributed by atoms with van der Waals surface area (Å²) >= 11 is 0. The van der Waals surface area contributed by atoms with Crippen LogP contribution in [0, 0.1) is 34.5 Å². The number of hydrogen-bond donors (Lipinski definition) is 2. The molecule has 0 aromatic carbocycles. The van der Waals surface area contributed by atoms with Gasteiger partial charge in [-0.05, 0) is 86.9 Å². The lowest BCUT2D eigenvalue weighted by Gasteiger charge is -2.58. The third kappa shape index (κ3) is 2.16. The lowest BCUT2D eigenvalue weighted by atomic mass is 9.47. The monoisotopic (exact) mass is 331 g/mol. The Balaban J connectivity index is 1.65. The van der Waals surface area contributed by atoms with Crippen LogP contribution in [0.5, 0.6) is 0 Å². The molecule has 0 aromatic rings. The highest BCUT2D eigenvalue weighted by Gasteiger charge is 2.59. The van der Waals surface area contributed by atoms with Gasteiger partial charge in [0.2, 0.25) is 0 Å². The van der Waals surface area contributed by atoms with Crippen LogP contribution >= 0.6 is 0 Å². The van der Waals surface area contributed by atoms with E-state index in [1.165, 1.54) is 32.1 Å². The fourth-order valence-corrected chi connectivity index (χ4v) is 7.40. The molecule has 0 heterocycles. The van der Waals surface area contributed by atoms with Crippen LogP contribution in [0.15, 0.2) is 16.8 Å². The van der Waals surface area contributed by atoms with Crippen molar-refractivity contribution in [1.29, 1.82) is 0 Å². The van der Waals surface area contributed by atoms with Crippen molar-refractivity contribution in [2.45, 2.75) is 78.2 Å². The summed E-state index contributed by atoms with van der Waals surface area (Å²) in [4.78, 5) is 0. The van der Waals surface area contributed by atoms with Crippen molar-refractivity contribution >= 4 is 5.71 Å². The molecule has 0 spiro atoms. The molecular formula is C21H33NO2. The molecule has 0 saturated heterocycles. The minimum absolute atomic E-state index is 0.117. The average Bonchev–Trinajstić information content (AvgIpc) is 2.92. The first-order valence-electron chi connectivity index (χ1n) is 9.96. The molecule has 3 nitrogen and oxygen atoms in total. The zero-order valence-electron chi connectivity index (χ0n) is 15.5. The van der Waals surface area contributed by atoms with Crippen molar-refractivity contribution < 1.29 is 10.3 Å². The highest BCUT2D eigenvalue weighted by molar-refractivity contribution is 5.85. The van der Waals surface area contributed by atoms with E-state index in [-0.39, 0.29) is 6.10 Å². The molecule has 1 unspecified atom stereocenters. The second-order valence-corrected chi connectivity index (χ2v) is 9.57. The SMILES string of the molecule is C/C(=N\O)[C@H]1CC[C@H]2[C@@H]3CC=C4CC(O)CC[C@]4(C)[C@H]3CC[C@]12C. The van der Waals surface area contributed by atoms with Crippen molar-refractivity contribution in [3.8, 4) is 0 Å². The van der Waals surface area contributed by atoms with Crippen LogP contribution in [0.2, 0.25) is 0 Å². The quantitative estimate of drug-likeness (QED) is 0.314. The standard InChI is InChI=1S/C21H33NO2/c1-13(22-24)17-6-7-18-16-5-4-14-12-15(23)8-10-20(14,2)19(16)9-11-21(17,18)3/h4,15-19,23-24H,5-12H2,1-3H3/b22-13+/t15?,16-,17+,18-,19-,20-,21+/m0/s1. The maximum atomic E-state index is 10.1. The molecule has 0 radical (unpaired) electrons. The Morgan fingerprint density at radius 1 is 1.12 bits per heavy atom. The Hall–Kier alpha value is -0.830. The number of nitrogens with zero attached hydrogens (tertiary/aromatic N) is 1. The molecule has 3 fully saturated rings. The summed E-state index contributed by atoms with van der Waals surface area (Å²) < 4.78 is 0. The summed E-state index contributed by atoms with van der Waals surface area (Å²) in [6.45, 7) is 6.95. The van der Waals surface area contributed by atoms with Gasteiger partial charge in [-0.2, -0.15) is 0 Å². The van der Waals surface area contributed by atoms with Crippen LogP contribution in [0.1, 0.15) is 72.1 Å². The second-order valence-electron chi connectivity index (χ2n) is 9.57. The number of aliphatic hydroxyl groups excluding tert-OH is 1. The van der Waals surface area contributed by atoms with Crippen molar-refractivity contribution in [3.63, 3.8) is 0 Å². The molecule has 134 valence electrons. The molecule has 24 heavy (non-hydrogen) atoms. The normalized spacial score (nSPS) is 51.4. The van der Waals surface area contributed by atoms with E-state index >= 15 is 0 Å². The minimum atomic E-state index is -0.117. The summed E-state index contributed by atoms with van der Waals surface area (Å²) in [6, 6.07) is 0. The van der Waals surface area contributed by atoms with Gasteiger partial charge in [0.15, 0.2) is 0 Å². The fourth-order valence-electron chi connectivity index (χ4n) is 7.40. The highest BCUT2D eigenvalue weighted by atomic mass is 16.4. The van der Waals surface area contributed by atoms with Gasteiger partial charge in [-0.15, -0.1) is 0 Å². The molecule has 0 aromatic heterocycles. The third-order valence-corrected chi connectivity index (χ3v) is 8.74. The lowest BCUT2D eigenvalue weighted by molar-refractivity contribution is -0.0425. The van der Waals surface area contributed by atoms with E-state index in [2.05, 4.69) is 25.1 Å². The van der Waals surface area contributed by atoms with E-state index in [0.29, 0.717) is 16.7 Å². The summed E-state index contributed by atoms with van der Waals surface area (Å²) in [6.07, 6.45) is 11.7. The maximum Gasteiger partial charge on any atom is 0.0577 e. The van der Waals surface area contributed by atoms with Gasteiger partial charge in [0.25, 0.3) is 0 Å². The number of aliphatic hydroxyl groups is 1. The molecule has 7 atom stereocenters. The number of fused-ring (bicyclic) bond motifs is 5. The molecule has 4 aliphatic rings. The van der Waals surface area contributed by atoms with Crippen LogP contribution in [0.25, 0.3) is 0 Å². The van der Waals surface area contributed by atoms with Gasteiger partial charge in [0.05, 0.1) is 11.8 Å². The van der Waals surface area contributed by atoms with E-state index in [1.54, 1.807) is 5.57 Å². The summed E-state index contributed by atoms with van der Waals surface area (Å²) in [5, 5.41) is 23.0. The predicted molar refractivity (Wildman–Crippen MR) is 96.1 cm³/mol. The van der Waals surface area contributed by atoms with Crippen molar-refractivity contribution in [3.05, 3.63) is 11.6 Å². The van der Waals surface area contributed by atoms with Gasteiger partial charge in [-0.3, -0.25) is 0 Å². The number of rotatable bonds is 1. The zero-order valence-corrected chi connectivity index (χ0v) is 15.5. The Morgan fingerprint density at radius 2 is 1.92 bits per heavy atom. The molecule has 3 heteroatoms. The summed E-state index contributed by atoms with van der Waals surface area (Å²) in [5.41, 5.74) is 3.13. The Labute approximate surface area is 146 Å². The van der Waals surface area contributed by atoms with E-state index < -0.39 is 0 Å². The molecule has 4 aliphatic carbocycles. The number of hydrogen-bond acceptors (Lipinski definition) is 3. The number of oxime groups is 1. The van der Waals surface area contributed by atoms with Crippen molar-refractivity contribution in [2.75, 3.05) is 0 Å². The second kappa shape index (κ2) is 5.59. The first-order chi connectivity index (χ1) is 11.4. The average molecular weight is 332 g/mol. The third-order valence-electron chi connectivity index (χ3n) is 8.74. The lowest BCUT2D eigenvalue weighted by Crippen LogP contribution is -2.50. The summed E-state index contributed by atoms with van der Waals surface area (Å²) in [7, 11) is 0. The maximum absolute atomic E-state index is 10.1. The topological polar surface area (TPSA) is 52.8 Å². The van der Waals surface area contributed by atoms with Crippen LogP contribution in [-0.4, -0.2) is 22.1 Å². The molecule has 4 rings (SSSR count). The highest BCUT2D eigenvalue weighted by Crippen LogP contribution is 2.66. The molecule has 2 N–H and O–H groups in total. The van der Waals surface area contributed by atoms with Gasteiger partial charge in [-0.1, -0.05) is 30.7 Å². The fraction of sp³-hybridized carbons (Fsp3) is 0.857. The van der Waals surface area contributed by atoms with Gasteiger partial charge in [0.1, 0.15) is 0 Å². The van der Waals surface area contributed by atoms with E-state index in [1.807, 2.05) is 6.92 Å². The van der Waals surface area contributed by atoms with Gasteiger partial charge in [-0.25, -0.2) is 0 Å². The molecule has 3 saturated carbocycles. The largest absolute Gasteiger partial charge is 0.411 e. The van der Waals surface area contributed by atoms with Crippen molar-refractivity contribution in [2.24, 2.45) is 39.7 Å². The van der Waals surface area contributed by atoms with E-state index in [9.17, 15) is 10.3 Å². The van der Waals surface area contributed by atoms with Gasteiger partial charge < -0.3 is 10.3 Å². The van der Waals surface area contributed by atoms with Crippen LogP contribution in [-0.2, 0) is 0 Å². The zero-order chi connectivity index (χ0) is 17.1. The molecule has 0 bridgehead atoms. The molecule has 0 amide bonds. The first kappa shape index (κ1) is 16.6. The van der Waals surface area contributed by atoms with E-state index in [0.717, 1.165) is 42.7 Å². The van der Waals surface area contributed by atoms with Gasteiger partial charge >= 0.3 is 0 Å². The van der Waals surface area contributed by atoms with Crippen LogP contribution in [0.3, 0.4) is 0 Å². The van der Waals surface area contributed by atoms with Crippen LogP contribution < -0.4 is 0 Å². The smallest absolute Gasteiger partial charge is 0.0577 e. The Morgan fingerprint density at radius 3 is 2.67 bits per heavy atom. The Kier molecular flexibility index (Phi) is 3.87. The molecule has 0 aliphatic heterocycles. The Bertz CT molecular complexity index is 582. The summed E-state index contributed by atoms with van der Waals surface area (Å²) in [5.74, 6) is 2.79. The molecular weight excluding hydrogens is 298 g/mol. The van der Waals surface area contributed by atoms with E-state index in [4.69, 9.17) is 0 Å². The predicted octanol–water partition coefficient (Wildman–Crippen LogP) is 4.78.